The first-order chi connectivity index (χ1) is 39.8. The standard InChI is InChI=1S/C63H79FN6O14/c1-30-12-11-13-31(2)59(78)66-48-42(55(75)45-46(56(48)76)54(74)36(7)57-47(45)58(77)62(8,84-57)83-25-19-44(82-10)32(3)52(72)35(6)53(73)34(5)51(30)71)27-65-69-23-17-39(18-24-69)67(9)63(20-21-63)38-16-22-68(28-38)50-33(4)49-40(37-14-15-37)26-41(61(80)81)60(79)70(49)29-43(50)64/h11-13,19,25-27,29-30,32,34-35,37-39,44,51-53,71-76H,14-18,20-24,28H2,1-10H3,(H,66,78)(H,80,81)/b12-11+,25-19+,31-13-,65-27+/t30-,32-,34-,35+,38-,44+,51+,52+,53+,62+/m1/s1. The van der Waals surface area contributed by atoms with E-state index in [4.69, 9.17) is 19.3 Å². The zero-order chi connectivity index (χ0) is 60.8. The van der Waals surface area contributed by atoms with E-state index in [9.17, 15) is 54.9 Å². The number of pyridine rings is 2. The van der Waals surface area contributed by atoms with E-state index < -0.39 is 100 Å². The first kappa shape index (κ1) is 60.1. The second-order valence-corrected chi connectivity index (χ2v) is 24.7. The number of phenols is 3. The van der Waals surface area contributed by atoms with E-state index in [0.29, 0.717) is 55.8 Å². The summed E-state index contributed by atoms with van der Waals surface area (Å²) in [5, 5.41) is 89.4. The molecule has 1 amide bonds. The van der Waals surface area contributed by atoms with Gasteiger partial charge in [0.05, 0.1) is 76.5 Å². The molecule has 2 aliphatic carbocycles. The number of rotatable bonds is 9. The molecule has 84 heavy (non-hydrogen) atoms. The second-order valence-electron chi connectivity index (χ2n) is 24.7. The minimum atomic E-state index is -2.08. The summed E-state index contributed by atoms with van der Waals surface area (Å²) >= 11 is 0. The van der Waals surface area contributed by atoms with Gasteiger partial charge in [-0.05, 0) is 108 Å². The molecule has 2 aromatic heterocycles. The quantitative estimate of drug-likeness (QED) is 0.0455. The van der Waals surface area contributed by atoms with Crippen LogP contribution in [0, 0.1) is 49.3 Å². The molecule has 0 spiro atoms. The van der Waals surface area contributed by atoms with Crippen molar-refractivity contribution in [2.75, 3.05) is 50.6 Å². The first-order valence-corrected chi connectivity index (χ1v) is 29.2. The third kappa shape index (κ3) is 10.4. The van der Waals surface area contributed by atoms with Crippen molar-refractivity contribution >= 4 is 51.5 Å². The van der Waals surface area contributed by atoms with Crippen molar-refractivity contribution in [1.82, 2.24) is 14.3 Å². The lowest BCUT2D eigenvalue weighted by Crippen LogP contribution is -2.50. The average Bonchev–Trinajstić information content (AvgIpc) is 1.50. The lowest BCUT2D eigenvalue weighted by molar-refractivity contribution is -0.112. The number of ether oxygens (including phenoxy) is 3. The fourth-order valence-corrected chi connectivity index (χ4v) is 13.8. The van der Waals surface area contributed by atoms with Crippen molar-refractivity contribution in [3.05, 3.63) is 98.0 Å². The number of aromatic hydroxyl groups is 3. The van der Waals surface area contributed by atoms with Crippen LogP contribution in [0.5, 0.6) is 23.0 Å². The van der Waals surface area contributed by atoms with Crippen LogP contribution < -0.4 is 20.5 Å². The van der Waals surface area contributed by atoms with E-state index in [1.165, 1.54) is 63.0 Å². The van der Waals surface area contributed by atoms with Gasteiger partial charge in [0.15, 0.2) is 11.6 Å². The van der Waals surface area contributed by atoms with Crippen molar-refractivity contribution in [1.29, 1.82) is 0 Å². The second kappa shape index (κ2) is 22.8. The number of hydrogen-bond acceptors (Lipinski definition) is 17. The van der Waals surface area contributed by atoms with E-state index in [0.717, 1.165) is 43.9 Å². The first-order valence-electron chi connectivity index (χ1n) is 29.2. The van der Waals surface area contributed by atoms with Gasteiger partial charge in [0.1, 0.15) is 22.8 Å². The van der Waals surface area contributed by atoms with Crippen molar-refractivity contribution < 1.29 is 68.7 Å². The van der Waals surface area contributed by atoms with Crippen molar-refractivity contribution in [2.45, 2.75) is 148 Å². The number of carbonyl (C=O) groups excluding carboxylic acids is 2. The van der Waals surface area contributed by atoms with Gasteiger partial charge in [0.2, 0.25) is 0 Å². The fraction of sp³-hybridized carbons (Fsp3) is 0.540. The predicted molar refractivity (Wildman–Crippen MR) is 314 cm³/mol. The number of halogens is 1. The van der Waals surface area contributed by atoms with Crippen LogP contribution in [0.4, 0.5) is 15.8 Å². The molecule has 7 aliphatic rings. The van der Waals surface area contributed by atoms with E-state index in [1.54, 1.807) is 39.8 Å². The highest BCUT2D eigenvalue weighted by Crippen LogP contribution is 2.56. The fourth-order valence-electron chi connectivity index (χ4n) is 13.8. The summed E-state index contributed by atoms with van der Waals surface area (Å²) in [6, 6.07) is 1.63. The van der Waals surface area contributed by atoms with Crippen LogP contribution >= 0.6 is 0 Å². The number of anilines is 2. The molecule has 11 rings (SSSR count). The Balaban J connectivity index is 0.926. The molecule has 0 unspecified atom stereocenters. The van der Waals surface area contributed by atoms with E-state index in [2.05, 4.69) is 22.2 Å². The third-order valence-electron chi connectivity index (χ3n) is 19.5. The monoisotopic (exact) mass is 1160 g/mol. The number of Topliss-reactive ketones (excluding diaryl/α,β-unsaturated/α-hetero) is 1. The van der Waals surface area contributed by atoms with Gasteiger partial charge in [-0.25, -0.2) is 9.18 Å². The van der Waals surface area contributed by atoms with Crippen LogP contribution in [-0.4, -0.2) is 156 Å². The average molecular weight is 1160 g/mol. The molecule has 21 heteroatoms. The smallest absolute Gasteiger partial charge is 0.341 e. The summed E-state index contributed by atoms with van der Waals surface area (Å²) in [7, 11) is 3.58. The number of amides is 1. The summed E-state index contributed by atoms with van der Waals surface area (Å²) in [5.41, 5.74) is 0.680. The molecular weight excluding hydrogens is 1080 g/mol. The molecule has 7 heterocycles. The molecule has 20 nitrogen and oxygen atoms in total. The Morgan fingerprint density at radius 3 is 2.19 bits per heavy atom. The Morgan fingerprint density at radius 1 is 0.881 bits per heavy atom. The number of nitrogens with zero attached hydrogens (tertiary/aromatic N) is 5. The van der Waals surface area contributed by atoms with Crippen molar-refractivity contribution in [2.24, 2.45) is 34.7 Å². The van der Waals surface area contributed by atoms with Crippen LogP contribution in [0.1, 0.15) is 135 Å². The third-order valence-corrected chi connectivity index (χ3v) is 19.5. The molecule has 452 valence electrons. The number of aliphatic hydroxyl groups is 3. The summed E-state index contributed by atoms with van der Waals surface area (Å²) in [6.07, 6.45) is 11.7. The van der Waals surface area contributed by atoms with E-state index >= 15 is 4.39 Å². The highest BCUT2D eigenvalue weighted by Gasteiger charge is 2.56. The summed E-state index contributed by atoms with van der Waals surface area (Å²) in [6.45, 7) is 15.2. The number of aliphatic hydroxyl groups excluding tert-OH is 3. The van der Waals surface area contributed by atoms with E-state index in [-0.39, 0.29) is 73.5 Å². The highest BCUT2D eigenvalue weighted by molar-refractivity contribution is 6.24. The largest absolute Gasteiger partial charge is 0.507 e. The van der Waals surface area contributed by atoms with Crippen LogP contribution in [0.3, 0.4) is 0 Å². The molecular formula is C63H79FN6O14. The van der Waals surface area contributed by atoms with Gasteiger partial charge in [-0.15, -0.1) is 0 Å². The van der Waals surface area contributed by atoms with Crippen LogP contribution in [0.2, 0.25) is 0 Å². The Hall–Kier alpha value is -7.04. The van der Waals surface area contributed by atoms with Gasteiger partial charge >= 0.3 is 11.8 Å². The molecule has 4 aromatic rings. The van der Waals surface area contributed by atoms with Gasteiger partial charge in [0.25, 0.3) is 17.2 Å². The number of aromatic nitrogens is 1. The maximum atomic E-state index is 16.3. The Morgan fingerprint density at radius 2 is 1.55 bits per heavy atom. The predicted octanol–water partition coefficient (Wildman–Crippen LogP) is 7.61. The Bertz CT molecular complexity index is 3510. The summed E-state index contributed by atoms with van der Waals surface area (Å²) in [4.78, 5) is 58.7. The molecule has 10 atom stereocenters. The lowest BCUT2D eigenvalue weighted by Gasteiger charge is -2.42. The number of ketones is 1. The highest BCUT2D eigenvalue weighted by atomic mass is 19.1. The van der Waals surface area contributed by atoms with Gasteiger partial charge in [-0.2, -0.15) is 5.10 Å². The summed E-state index contributed by atoms with van der Waals surface area (Å²) in [5.74, 6) is -9.63. The molecule has 5 aliphatic heterocycles. The van der Waals surface area contributed by atoms with Gasteiger partial charge in [-0.1, -0.05) is 45.9 Å². The van der Waals surface area contributed by atoms with Crippen LogP contribution in [0.15, 0.2) is 58.3 Å². The number of carboxylic acid groups (broad SMARTS) is 1. The number of aryl methyl sites for hydroxylation is 1. The van der Waals surface area contributed by atoms with Gasteiger partial charge in [-0.3, -0.25) is 28.7 Å². The minimum Gasteiger partial charge on any atom is -0.507 e. The summed E-state index contributed by atoms with van der Waals surface area (Å²) < 4.78 is 35.4. The molecule has 2 aromatic carbocycles. The zero-order valence-electron chi connectivity index (χ0n) is 49.4. The SMILES string of the molecule is CO[C@H]1/C=C/O[C@@]2(C)Oc3c(C)c(O)c4c(O)c(c(/C=N/N5CCC(N(C)C6([C@@H]7CCN(c8c(F)cn9c(=O)c(C(=O)O)cc(C%10CC%10)c9c8C)C7)CC6)CC5)c(O)c4c3C2=O)NC(=O)/C(C)=C\C=C\[C@@H](C)[C@H](O)[C@@H](C)[C@H](O)[C@@H](C)[C@@H](O)[C@@H]1C. The van der Waals surface area contributed by atoms with Crippen LogP contribution in [-0.2, 0) is 14.3 Å². The van der Waals surface area contributed by atoms with E-state index in [1.807, 2.05) is 11.9 Å². The molecule has 8 N–H and O–H groups in total. The number of phenolic OH excluding ortho intramolecular Hbond substituents is 3. The number of carboxylic acids is 1. The number of methoxy groups -OCH3 is 1. The van der Waals surface area contributed by atoms with Gasteiger partial charge in [0, 0.05) is 92.0 Å². The van der Waals surface area contributed by atoms with Crippen molar-refractivity contribution in [3.63, 3.8) is 0 Å². The normalized spacial score (nSPS) is 30.3. The number of piperidine rings is 1. The van der Waals surface area contributed by atoms with Crippen molar-refractivity contribution in [3.8, 4) is 23.0 Å². The van der Waals surface area contributed by atoms with Crippen LogP contribution in [0.25, 0.3) is 16.3 Å². The number of hydrogen-bond donors (Lipinski definition) is 8. The van der Waals surface area contributed by atoms with Gasteiger partial charge < -0.3 is 60.2 Å². The Labute approximate surface area is 487 Å². The molecule has 5 bridgehead atoms. The minimum absolute atomic E-state index is 0.0344. The number of aromatic carboxylic acids is 1. The Kier molecular flexibility index (Phi) is 16.3. The molecule has 2 saturated carbocycles. The number of fused-ring (bicyclic) bond motifs is 15. The topological polar surface area (TPSA) is 276 Å². The number of carbonyl (C=O) groups is 3. The number of benzene rings is 2. The molecule has 4 fully saturated rings. The maximum Gasteiger partial charge on any atom is 0.341 e. The molecule has 2 saturated heterocycles. The lowest BCUT2D eigenvalue weighted by atomic mass is 9.78. The number of allylic oxidation sites excluding steroid dienone is 2. The zero-order valence-corrected chi connectivity index (χ0v) is 49.4. The number of nitrogens with one attached hydrogen (secondary N) is 1. The molecule has 0 radical (unpaired) electrons. The maximum absolute atomic E-state index is 16.3. The number of hydrazone groups is 1.